The van der Waals surface area contributed by atoms with E-state index in [4.69, 9.17) is 0 Å². The minimum atomic E-state index is -0.510. The van der Waals surface area contributed by atoms with Crippen LogP contribution in [0.15, 0.2) is 75.8 Å². The van der Waals surface area contributed by atoms with Gasteiger partial charge in [-0.3, -0.25) is 14.5 Å². The Bertz CT molecular complexity index is 1480. The number of hydrogen-bond donors (Lipinski definition) is 1. The van der Waals surface area contributed by atoms with Crippen molar-refractivity contribution in [1.82, 2.24) is 0 Å². The van der Waals surface area contributed by atoms with Crippen molar-refractivity contribution in [2.75, 3.05) is 10.2 Å². The van der Waals surface area contributed by atoms with Crippen LogP contribution in [0.5, 0.6) is 0 Å². The number of rotatable bonds is 3. The average molecular weight is 489 g/mol. The molecule has 0 bridgehead atoms. The van der Waals surface area contributed by atoms with Gasteiger partial charge in [-0.1, -0.05) is 29.8 Å². The van der Waals surface area contributed by atoms with Crippen molar-refractivity contribution in [1.29, 1.82) is 0 Å². The molecule has 5 rings (SSSR count). The molecule has 174 valence electrons. The predicted octanol–water partition coefficient (Wildman–Crippen LogP) is 5.41. The zero-order valence-electron chi connectivity index (χ0n) is 18.7. The lowest BCUT2D eigenvalue weighted by Crippen LogP contribution is -2.29. The van der Waals surface area contributed by atoms with Crippen LogP contribution in [-0.2, 0) is 9.59 Å². The number of amides is 2. The lowest BCUT2D eigenvalue weighted by molar-refractivity contribution is -0.113. The van der Waals surface area contributed by atoms with Gasteiger partial charge in [0, 0.05) is 5.56 Å². The number of thioether (sulfide) groups is 1. The second kappa shape index (κ2) is 8.92. The van der Waals surface area contributed by atoms with Crippen LogP contribution >= 0.6 is 11.8 Å². The lowest BCUT2D eigenvalue weighted by atomic mass is 10.1. The number of nitrogens with zero attached hydrogens (tertiary/aromatic N) is 3. The van der Waals surface area contributed by atoms with Gasteiger partial charge in [-0.2, -0.15) is 0 Å². The number of carbonyl (C=O) groups is 2. The molecule has 0 spiro atoms. The highest BCUT2D eigenvalue weighted by Crippen LogP contribution is 2.38. The van der Waals surface area contributed by atoms with E-state index in [2.05, 4.69) is 15.5 Å². The maximum absolute atomic E-state index is 13.8. The average Bonchev–Trinajstić information content (AvgIpc) is 3.29. The van der Waals surface area contributed by atoms with Gasteiger partial charge in [-0.25, -0.2) is 8.78 Å². The Morgan fingerprint density at radius 1 is 0.914 bits per heavy atom. The van der Waals surface area contributed by atoms with Crippen LogP contribution in [-0.4, -0.2) is 22.7 Å². The molecule has 0 radical (unpaired) electrons. The van der Waals surface area contributed by atoms with Crippen LogP contribution in [0.25, 0.3) is 6.08 Å². The van der Waals surface area contributed by atoms with Crippen LogP contribution in [0.1, 0.15) is 22.3 Å². The van der Waals surface area contributed by atoms with Crippen LogP contribution < -0.4 is 10.2 Å². The van der Waals surface area contributed by atoms with Crippen molar-refractivity contribution < 1.29 is 18.4 Å². The Morgan fingerprint density at radius 2 is 1.66 bits per heavy atom. The standard InChI is InChI=1S/C26H18F2N4O2S/c1-14-3-10-21(15(2)11-14)32-25(34)22(12-16-4-6-17(27)7-5-16)35-26(32)31-30-23-19-13-18(28)8-9-20(19)29-24(23)33/h3-13H,1-2H3,(H,29,30,33). The van der Waals surface area contributed by atoms with E-state index in [1.54, 1.807) is 18.2 Å². The van der Waals surface area contributed by atoms with Crippen molar-refractivity contribution in [2.45, 2.75) is 13.8 Å². The smallest absolute Gasteiger partial charge is 0.276 e. The van der Waals surface area contributed by atoms with E-state index in [9.17, 15) is 18.4 Å². The molecule has 2 aliphatic rings. The molecule has 35 heavy (non-hydrogen) atoms. The molecule has 1 N–H and O–H groups in total. The molecule has 0 atom stereocenters. The number of aryl methyl sites for hydroxylation is 2. The Morgan fingerprint density at radius 3 is 2.40 bits per heavy atom. The van der Waals surface area contributed by atoms with Crippen LogP contribution in [0, 0.1) is 25.5 Å². The molecular formula is C26H18F2N4O2S. The molecule has 3 aromatic carbocycles. The van der Waals surface area contributed by atoms with Gasteiger partial charge in [0.1, 0.15) is 11.6 Å². The summed E-state index contributed by atoms with van der Waals surface area (Å²) in [7, 11) is 0. The molecule has 2 heterocycles. The predicted molar refractivity (Wildman–Crippen MR) is 134 cm³/mol. The van der Waals surface area contributed by atoms with Gasteiger partial charge in [-0.05, 0) is 79.2 Å². The fraction of sp³-hybridized carbons (Fsp3) is 0.0769. The van der Waals surface area contributed by atoms with Gasteiger partial charge in [0.05, 0.1) is 16.3 Å². The van der Waals surface area contributed by atoms with Gasteiger partial charge >= 0.3 is 0 Å². The zero-order chi connectivity index (χ0) is 24.7. The molecule has 0 aliphatic carbocycles. The van der Waals surface area contributed by atoms with Gasteiger partial charge in [-0.15, -0.1) is 10.2 Å². The third-order valence-electron chi connectivity index (χ3n) is 5.50. The number of nitrogens with one attached hydrogen (secondary N) is 1. The van der Waals surface area contributed by atoms with Crippen LogP contribution in [0.3, 0.4) is 0 Å². The molecule has 6 nitrogen and oxygen atoms in total. The summed E-state index contributed by atoms with van der Waals surface area (Å²) in [5.74, 6) is -1.72. The van der Waals surface area contributed by atoms with E-state index in [1.165, 1.54) is 35.2 Å². The highest BCUT2D eigenvalue weighted by molar-refractivity contribution is 8.19. The fourth-order valence-corrected chi connectivity index (χ4v) is 4.76. The number of halogens is 2. The Hall–Kier alpha value is -4.11. The summed E-state index contributed by atoms with van der Waals surface area (Å²) in [6.07, 6.45) is 1.64. The van der Waals surface area contributed by atoms with Crippen LogP contribution in [0.4, 0.5) is 20.2 Å². The van der Waals surface area contributed by atoms with Crippen molar-refractivity contribution in [2.24, 2.45) is 10.2 Å². The summed E-state index contributed by atoms with van der Waals surface area (Å²) >= 11 is 1.08. The SMILES string of the molecule is Cc1ccc(N2C(=O)C(=Cc3ccc(F)cc3)SC2=NN=C2C(=O)Nc3ccc(F)cc32)c(C)c1. The second-order valence-corrected chi connectivity index (χ2v) is 9.08. The molecule has 3 aromatic rings. The third kappa shape index (κ3) is 4.38. The van der Waals surface area contributed by atoms with E-state index < -0.39 is 11.7 Å². The maximum atomic E-state index is 13.8. The summed E-state index contributed by atoms with van der Waals surface area (Å²) in [5.41, 5.74) is 3.85. The summed E-state index contributed by atoms with van der Waals surface area (Å²) in [4.78, 5) is 27.6. The molecule has 0 aromatic heterocycles. The van der Waals surface area contributed by atoms with Gasteiger partial charge < -0.3 is 5.32 Å². The van der Waals surface area contributed by atoms with Gasteiger partial charge in [0.15, 0.2) is 5.71 Å². The minimum absolute atomic E-state index is 0.0448. The number of hydrogen-bond acceptors (Lipinski definition) is 5. The quantitative estimate of drug-likeness (QED) is 0.396. The maximum Gasteiger partial charge on any atom is 0.276 e. The molecular weight excluding hydrogens is 470 g/mol. The van der Waals surface area contributed by atoms with E-state index in [0.717, 1.165) is 22.9 Å². The first kappa shape index (κ1) is 22.7. The first-order valence-electron chi connectivity index (χ1n) is 10.6. The molecule has 1 fully saturated rings. The van der Waals surface area contributed by atoms with E-state index in [0.29, 0.717) is 27.4 Å². The molecule has 2 amide bonds. The third-order valence-corrected chi connectivity index (χ3v) is 6.46. The topological polar surface area (TPSA) is 74.1 Å². The van der Waals surface area contributed by atoms with Crippen molar-refractivity contribution in [3.05, 3.63) is 99.5 Å². The number of carbonyl (C=O) groups excluding carboxylic acids is 2. The highest BCUT2D eigenvalue weighted by Gasteiger charge is 2.36. The van der Waals surface area contributed by atoms with Gasteiger partial charge in [0.2, 0.25) is 5.17 Å². The largest absolute Gasteiger partial charge is 0.320 e. The summed E-state index contributed by atoms with van der Waals surface area (Å²) in [6, 6.07) is 15.3. The highest BCUT2D eigenvalue weighted by atomic mass is 32.2. The summed E-state index contributed by atoms with van der Waals surface area (Å²) in [5, 5.41) is 11.2. The molecule has 0 unspecified atom stereocenters. The minimum Gasteiger partial charge on any atom is -0.320 e. The van der Waals surface area contributed by atoms with Gasteiger partial charge in [0.25, 0.3) is 11.8 Å². The zero-order valence-corrected chi connectivity index (χ0v) is 19.5. The Kier molecular flexibility index (Phi) is 5.78. The molecule has 0 saturated carbocycles. The first-order chi connectivity index (χ1) is 16.8. The normalized spacial score (nSPS) is 18.6. The number of fused-ring (bicyclic) bond motifs is 1. The van der Waals surface area contributed by atoms with E-state index in [-0.39, 0.29) is 22.6 Å². The number of benzene rings is 3. The fourth-order valence-electron chi connectivity index (χ4n) is 3.84. The molecule has 9 heteroatoms. The number of amidine groups is 1. The molecule has 2 aliphatic heterocycles. The Labute approximate surface area is 204 Å². The van der Waals surface area contributed by atoms with Crippen molar-refractivity contribution in [3.8, 4) is 0 Å². The Balaban J connectivity index is 1.59. The van der Waals surface area contributed by atoms with E-state index in [1.807, 2.05) is 32.0 Å². The second-order valence-electron chi connectivity index (χ2n) is 8.07. The summed E-state index contributed by atoms with van der Waals surface area (Å²) < 4.78 is 27.1. The monoisotopic (exact) mass is 488 g/mol. The van der Waals surface area contributed by atoms with Crippen molar-refractivity contribution in [3.63, 3.8) is 0 Å². The lowest BCUT2D eigenvalue weighted by Gasteiger charge is -2.17. The van der Waals surface area contributed by atoms with Crippen LogP contribution in [0.2, 0.25) is 0 Å². The van der Waals surface area contributed by atoms with Crippen molar-refractivity contribution >= 4 is 51.9 Å². The first-order valence-corrected chi connectivity index (χ1v) is 11.5. The number of anilines is 2. The molecule has 1 saturated heterocycles. The van der Waals surface area contributed by atoms with E-state index >= 15 is 0 Å². The summed E-state index contributed by atoms with van der Waals surface area (Å²) in [6.45, 7) is 3.84.